The molecule has 6 heteroatoms. The number of rotatable bonds is 5. The highest BCUT2D eigenvalue weighted by atomic mass is 32.2. The molecule has 3 rings (SSSR count). The van der Waals surface area contributed by atoms with Gasteiger partial charge in [0.25, 0.3) is 5.91 Å². The molecule has 1 N–H and O–H groups in total. The normalized spacial score (nSPS) is 14.7. The number of carbonyl (C=O) groups excluding carboxylic acids is 2. The molecule has 2 aromatic carbocycles. The Morgan fingerprint density at radius 2 is 1.85 bits per heavy atom. The minimum Gasteiger partial charge on any atom is -0.452 e. The Hall–Kier alpha value is -1.92. The Labute approximate surface area is 162 Å². The molecule has 1 heterocycles. The van der Waals surface area contributed by atoms with Crippen LogP contribution in [-0.4, -0.2) is 30.0 Å². The van der Waals surface area contributed by atoms with E-state index in [-0.39, 0.29) is 12.5 Å². The third-order valence-electron chi connectivity index (χ3n) is 3.88. The first-order valence-corrected chi connectivity index (χ1v) is 10.6. The Morgan fingerprint density at radius 3 is 2.54 bits per heavy atom. The number of thioether (sulfide) groups is 2. The molecule has 0 saturated carbocycles. The molecule has 1 fully saturated rings. The summed E-state index contributed by atoms with van der Waals surface area (Å²) >= 11 is 3.88. The zero-order valence-electron chi connectivity index (χ0n) is 14.6. The van der Waals surface area contributed by atoms with Crippen molar-refractivity contribution in [1.82, 2.24) is 0 Å². The van der Waals surface area contributed by atoms with E-state index < -0.39 is 5.97 Å². The maximum absolute atomic E-state index is 12.1. The second-order valence-corrected chi connectivity index (χ2v) is 8.77. The molecule has 136 valence electrons. The highest BCUT2D eigenvalue weighted by Gasteiger charge is 2.17. The molecule has 0 aliphatic carbocycles. The van der Waals surface area contributed by atoms with Crippen LogP contribution in [0.3, 0.4) is 0 Å². The van der Waals surface area contributed by atoms with E-state index in [2.05, 4.69) is 5.32 Å². The zero-order chi connectivity index (χ0) is 18.4. The topological polar surface area (TPSA) is 55.4 Å². The molecule has 1 aliphatic rings. The molecule has 0 radical (unpaired) electrons. The van der Waals surface area contributed by atoms with Gasteiger partial charge in [0.2, 0.25) is 0 Å². The second kappa shape index (κ2) is 9.14. The van der Waals surface area contributed by atoms with Gasteiger partial charge in [0, 0.05) is 5.69 Å². The maximum atomic E-state index is 12.1. The summed E-state index contributed by atoms with van der Waals surface area (Å²) in [6, 6.07) is 15.0. The van der Waals surface area contributed by atoms with Gasteiger partial charge in [-0.05, 0) is 60.2 Å². The lowest BCUT2D eigenvalue weighted by Gasteiger charge is -2.21. The third kappa shape index (κ3) is 5.29. The smallest absolute Gasteiger partial charge is 0.338 e. The number of benzene rings is 2. The molecule has 1 saturated heterocycles. The summed E-state index contributed by atoms with van der Waals surface area (Å²) in [6.07, 6.45) is 1.25. The SMILES string of the molecule is Cc1cccc(NC(=O)COC(=O)c2ccc(C3SCCCS3)cc2)c1. The van der Waals surface area contributed by atoms with E-state index in [1.165, 1.54) is 23.5 Å². The number of anilines is 1. The second-order valence-electron chi connectivity index (χ2n) is 6.04. The molecular weight excluding hydrogens is 366 g/mol. The Bertz CT molecular complexity index is 771. The van der Waals surface area contributed by atoms with Crippen LogP contribution in [0.2, 0.25) is 0 Å². The van der Waals surface area contributed by atoms with Gasteiger partial charge in [-0.25, -0.2) is 4.79 Å². The van der Waals surface area contributed by atoms with E-state index in [1.54, 1.807) is 18.2 Å². The number of aryl methyl sites for hydroxylation is 1. The van der Waals surface area contributed by atoms with Crippen molar-refractivity contribution in [2.75, 3.05) is 23.4 Å². The summed E-state index contributed by atoms with van der Waals surface area (Å²) in [7, 11) is 0. The highest BCUT2D eigenvalue weighted by molar-refractivity contribution is 8.16. The van der Waals surface area contributed by atoms with Gasteiger partial charge in [-0.2, -0.15) is 0 Å². The van der Waals surface area contributed by atoms with Crippen molar-refractivity contribution in [3.63, 3.8) is 0 Å². The van der Waals surface area contributed by atoms with Crippen molar-refractivity contribution < 1.29 is 14.3 Å². The van der Waals surface area contributed by atoms with Crippen LogP contribution in [0.1, 0.15) is 32.5 Å². The summed E-state index contributed by atoms with van der Waals surface area (Å²) in [6.45, 7) is 1.65. The molecule has 1 aliphatic heterocycles. The van der Waals surface area contributed by atoms with Gasteiger partial charge < -0.3 is 10.1 Å². The molecule has 2 aromatic rings. The van der Waals surface area contributed by atoms with Gasteiger partial charge in [-0.15, -0.1) is 23.5 Å². The van der Waals surface area contributed by atoms with Crippen LogP contribution in [0, 0.1) is 6.92 Å². The van der Waals surface area contributed by atoms with Crippen molar-refractivity contribution in [1.29, 1.82) is 0 Å². The van der Waals surface area contributed by atoms with Crippen molar-refractivity contribution in [2.45, 2.75) is 17.9 Å². The predicted octanol–water partition coefficient (Wildman–Crippen LogP) is 4.66. The number of ether oxygens (including phenoxy) is 1. The van der Waals surface area contributed by atoms with Gasteiger partial charge in [0.1, 0.15) is 0 Å². The largest absolute Gasteiger partial charge is 0.452 e. The number of carbonyl (C=O) groups is 2. The number of nitrogens with one attached hydrogen (secondary N) is 1. The molecule has 4 nitrogen and oxygen atoms in total. The molecule has 0 unspecified atom stereocenters. The van der Waals surface area contributed by atoms with Gasteiger partial charge in [-0.1, -0.05) is 24.3 Å². The number of esters is 1. The summed E-state index contributed by atoms with van der Waals surface area (Å²) in [4.78, 5) is 24.1. The lowest BCUT2D eigenvalue weighted by atomic mass is 10.1. The quantitative estimate of drug-likeness (QED) is 0.756. The predicted molar refractivity (Wildman–Crippen MR) is 109 cm³/mol. The zero-order valence-corrected chi connectivity index (χ0v) is 16.2. The van der Waals surface area contributed by atoms with Crippen molar-refractivity contribution >= 4 is 41.1 Å². The lowest BCUT2D eigenvalue weighted by Crippen LogP contribution is -2.21. The number of amides is 1. The standard InChI is InChI=1S/C20H21NO3S2/c1-14-4-2-5-17(12-14)21-18(22)13-24-19(23)15-6-8-16(9-7-15)20-25-10-3-11-26-20/h2,4-9,12,20H,3,10-11,13H2,1H3,(H,21,22). The lowest BCUT2D eigenvalue weighted by molar-refractivity contribution is -0.119. The monoisotopic (exact) mass is 387 g/mol. The van der Waals surface area contributed by atoms with E-state index in [0.29, 0.717) is 15.8 Å². The highest BCUT2D eigenvalue weighted by Crippen LogP contribution is 2.43. The fourth-order valence-electron chi connectivity index (χ4n) is 2.59. The molecule has 0 aromatic heterocycles. The minimum absolute atomic E-state index is 0.303. The van der Waals surface area contributed by atoms with Crippen LogP contribution in [0.5, 0.6) is 0 Å². The van der Waals surface area contributed by atoms with Crippen molar-refractivity contribution in [2.24, 2.45) is 0 Å². The minimum atomic E-state index is -0.486. The summed E-state index contributed by atoms with van der Waals surface area (Å²) in [5, 5.41) is 2.72. The molecule has 1 amide bonds. The van der Waals surface area contributed by atoms with Crippen LogP contribution in [0.25, 0.3) is 0 Å². The van der Waals surface area contributed by atoms with Crippen LogP contribution in [0.15, 0.2) is 48.5 Å². The van der Waals surface area contributed by atoms with Crippen LogP contribution < -0.4 is 5.32 Å². The summed E-state index contributed by atoms with van der Waals surface area (Å²) in [5.74, 6) is 1.52. The first kappa shape index (κ1) is 18.9. The molecule has 0 atom stereocenters. The fraction of sp³-hybridized carbons (Fsp3) is 0.300. The van der Waals surface area contributed by atoms with E-state index in [0.717, 1.165) is 5.56 Å². The summed E-state index contributed by atoms with van der Waals surface area (Å²) < 4.78 is 5.56. The van der Waals surface area contributed by atoms with E-state index >= 15 is 0 Å². The first-order chi connectivity index (χ1) is 12.6. The Kier molecular flexibility index (Phi) is 6.63. The van der Waals surface area contributed by atoms with Gasteiger partial charge in [0.05, 0.1) is 10.1 Å². The third-order valence-corrected chi connectivity index (χ3v) is 6.90. The van der Waals surface area contributed by atoms with Gasteiger partial charge >= 0.3 is 5.97 Å². The van der Waals surface area contributed by atoms with Crippen LogP contribution in [-0.2, 0) is 9.53 Å². The molecule has 0 spiro atoms. The average molecular weight is 388 g/mol. The first-order valence-electron chi connectivity index (χ1n) is 8.48. The number of hydrogen-bond acceptors (Lipinski definition) is 5. The van der Waals surface area contributed by atoms with Crippen LogP contribution >= 0.6 is 23.5 Å². The van der Waals surface area contributed by atoms with Crippen molar-refractivity contribution in [3.8, 4) is 0 Å². The Balaban J connectivity index is 1.50. The van der Waals surface area contributed by atoms with Crippen molar-refractivity contribution in [3.05, 3.63) is 65.2 Å². The molecular formula is C20H21NO3S2. The van der Waals surface area contributed by atoms with Gasteiger partial charge in [-0.3, -0.25) is 4.79 Å². The maximum Gasteiger partial charge on any atom is 0.338 e. The summed E-state index contributed by atoms with van der Waals surface area (Å²) in [5.41, 5.74) is 3.42. The van der Waals surface area contributed by atoms with Crippen LogP contribution in [0.4, 0.5) is 5.69 Å². The Morgan fingerprint density at radius 1 is 1.12 bits per heavy atom. The van der Waals surface area contributed by atoms with Gasteiger partial charge in [0.15, 0.2) is 6.61 Å². The average Bonchev–Trinajstić information content (AvgIpc) is 2.67. The fourth-order valence-corrected chi connectivity index (χ4v) is 5.49. The van der Waals surface area contributed by atoms with E-state index in [1.807, 2.05) is 60.8 Å². The van der Waals surface area contributed by atoms with E-state index in [4.69, 9.17) is 4.74 Å². The molecule has 0 bridgehead atoms. The molecule has 26 heavy (non-hydrogen) atoms. The van der Waals surface area contributed by atoms with E-state index in [9.17, 15) is 9.59 Å². The number of hydrogen-bond donors (Lipinski definition) is 1.